The maximum atomic E-state index is 13.5. The molecule has 4 rings (SSSR count). The third kappa shape index (κ3) is 4.39. The minimum Gasteiger partial charge on any atom is -0.348 e. The average molecular weight is 438 g/mol. The molecule has 5 nitrogen and oxygen atoms in total. The molecule has 1 atom stereocenters. The average Bonchev–Trinajstić information content (AvgIpc) is 2.78. The Morgan fingerprint density at radius 3 is 2.31 bits per heavy atom. The van der Waals surface area contributed by atoms with E-state index in [0.717, 1.165) is 12.1 Å². The van der Waals surface area contributed by atoms with Crippen LogP contribution in [0.5, 0.6) is 0 Å². The quantitative estimate of drug-likeness (QED) is 0.591. The normalized spacial score (nSPS) is 15.2. The Morgan fingerprint density at radius 2 is 1.59 bits per heavy atom. The van der Waals surface area contributed by atoms with Gasteiger partial charge in [0.25, 0.3) is 5.91 Å². The first-order valence-corrected chi connectivity index (χ1v) is 9.77. The van der Waals surface area contributed by atoms with E-state index in [9.17, 15) is 27.6 Å². The van der Waals surface area contributed by atoms with Crippen LogP contribution in [-0.4, -0.2) is 17.6 Å². The largest absolute Gasteiger partial charge is 0.348 e. The molecule has 3 aromatic carbocycles. The lowest BCUT2D eigenvalue weighted by molar-refractivity contribution is -0.118. The van der Waals surface area contributed by atoms with E-state index < -0.39 is 35.1 Å². The van der Waals surface area contributed by atoms with Crippen LogP contribution in [0, 0.1) is 23.4 Å². The zero-order valence-electron chi connectivity index (χ0n) is 16.6. The summed E-state index contributed by atoms with van der Waals surface area (Å²) in [6.07, 6.45) is -0.109. The number of rotatable bonds is 5. The molecule has 0 bridgehead atoms. The maximum absolute atomic E-state index is 13.5. The van der Waals surface area contributed by atoms with Crippen molar-refractivity contribution in [2.75, 3.05) is 5.32 Å². The van der Waals surface area contributed by atoms with Crippen LogP contribution in [0.3, 0.4) is 0 Å². The molecule has 0 aliphatic carbocycles. The Bertz CT molecular complexity index is 1230. The van der Waals surface area contributed by atoms with Crippen molar-refractivity contribution >= 4 is 23.3 Å². The van der Waals surface area contributed by atoms with Gasteiger partial charge in [0.15, 0.2) is 17.4 Å². The standard InChI is InChI=1S/C24H17F3N2O3/c25-16-5-1-13(2-6-16)12-28-23(31)15-4-8-21-17(11-15)22(30)18(24(32)29-21)9-14-3-7-19(26)20(27)10-14/h1-8,10-11,18H,9,12H2,(H,28,31)(H,29,32). The van der Waals surface area contributed by atoms with Crippen LogP contribution in [0.1, 0.15) is 31.8 Å². The summed E-state index contributed by atoms with van der Waals surface area (Å²) in [7, 11) is 0. The van der Waals surface area contributed by atoms with Gasteiger partial charge >= 0.3 is 0 Å². The molecule has 2 amide bonds. The molecular formula is C24H17F3N2O3. The Labute approximate surface area is 181 Å². The number of hydrogen-bond acceptors (Lipinski definition) is 3. The van der Waals surface area contributed by atoms with Crippen molar-refractivity contribution < 1.29 is 27.6 Å². The highest BCUT2D eigenvalue weighted by atomic mass is 19.2. The van der Waals surface area contributed by atoms with Gasteiger partial charge in [-0.25, -0.2) is 13.2 Å². The molecule has 0 aromatic heterocycles. The lowest BCUT2D eigenvalue weighted by Gasteiger charge is -2.24. The summed E-state index contributed by atoms with van der Waals surface area (Å²) in [5, 5.41) is 5.31. The number of hydrogen-bond donors (Lipinski definition) is 2. The zero-order valence-corrected chi connectivity index (χ0v) is 16.6. The summed E-state index contributed by atoms with van der Waals surface area (Å²) in [6.45, 7) is 0.166. The lowest BCUT2D eigenvalue weighted by atomic mass is 9.86. The van der Waals surface area contributed by atoms with Crippen LogP contribution in [-0.2, 0) is 17.8 Å². The Kier molecular flexibility index (Phi) is 5.77. The fraction of sp³-hybridized carbons (Fsp3) is 0.125. The number of carbonyl (C=O) groups is 3. The van der Waals surface area contributed by atoms with Crippen LogP contribution in [0.4, 0.5) is 18.9 Å². The van der Waals surface area contributed by atoms with Gasteiger partial charge in [-0.2, -0.15) is 0 Å². The van der Waals surface area contributed by atoms with Crippen molar-refractivity contribution in [3.63, 3.8) is 0 Å². The Morgan fingerprint density at radius 1 is 0.875 bits per heavy atom. The molecule has 2 N–H and O–H groups in total. The van der Waals surface area contributed by atoms with E-state index in [4.69, 9.17) is 0 Å². The van der Waals surface area contributed by atoms with Crippen LogP contribution in [0.15, 0.2) is 60.7 Å². The second-order valence-corrected chi connectivity index (χ2v) is 7.43. The van der Waals surface area contributed by atoms with Crippen LogP contribution < -0.4 is 10.6 Å². The number of Topliss-reactive ketones (excluding diaryl/α,β-unsaturated/α-hetero) is 1. The predicted molar refractivity (Wildman–Crippen MR) is 111 cm³/mol. The van der Waals surface area contributed by atoms with Gasteiger partial charge in [0.05, 0.1) is 5.69 Å². The van der Waals surface area contributed by atoms with Crippen molar-refractivity contribution in [3.8, 4) is 0 Å². The number of benzene rings is 3. The summed E-state index contributed by atoms with van der Waals surface area (Å²) >= 11 is 0. The Balaban J connectivity index is 1.51. The minimum absolute atomic E-state index is 0.109. The number of anilines is 1. The van der Waals surface area contributed by atoms with E-state index in [0.29, 0.717) is 11.1 Å². The van der Waals surface area contributed by atoms with Crippen molar-refractivity contribution in [1.29, 1.82) is 0 Å². The number of ketones is 1. The number of carbonyl (C=O) groups excluding carboxylic acids is 3. The molecule has 0 spiro atoms. The molecule has 1 aliphatic rings. The summed E-state index contributed by atoms with van der Waals surface area (Å²) in [6, 6.07) is 13.2. The molecule has 1 unspecified atom stereocenters. The van der Waals surface area contributed by atoms with Gasteiger partial charge in [-0.05, 0) is 60.0 Å². The Hall–Kier alpha value is -3.94. The van der Waals surface area contributed by atoms with Gasteiger partial charge in [-0.15, -0.1) is 0 Å². The number of nitrogens with one attached hydrogen (secondary N) is 2. The monoisotopic (exact) mass is 438 g/mol. The van der Waals surface area contributed by atoms with Crippen LogP contribution >= 0.6 is 0 Å². The summed E-state index contributed by atoms with van der Waals surface area (Å²) in [4.78, 5) is 37.9. The lowest BCUT2D eigenvalue weighted by Crippen LogP contribution is -2.37. The van der Waals surface area contributed by atoms with Gasteiger partial charge in [0.2, 0.25) is 5.91 Å². The smallest absolute Gasteiger partial charge is 0.251 e. The second-order valence-electron chi connectivity index (χ2n) is 7.43. The van der Waals surface area contributed by atoms with Gasteiger partial charge in [0.1, 0.15) is 11.7 Å². The number of halogens is 3. The number of amides is 2. The first-order chi connectivity index (χ1) is 15.3. The van der Waals surface area contributed by atoms with Crippen molar-refractivity contribution in [2.24, 2.45) is 5.92 Å². The predicted octanol–water partition coefficient (Wildman–Crippen LogP) is 4.03. The summed E-state index contributed by atoms with van der Waals surface area (Å²) in [5.74, 6) is -5.11. The third-order valence-corrected chi connectivity index (χ3v) is 5.23. The summed E-state index contributed by atoms with van der Waals surface area (Å²) in [5.41, 5.74) is 1.65. The molecule has 0 saturated carbocycles. The van der Waals surface area contributed by atoms with E-state index in [1.165, 1.54) is 36.4 Å². The highest BCUT2D eigenvalue weighted by molar-refractivity contribution is 6.21. The zero-order chi connectivity index (χ0) is 22.8. The number of fused-ring (bicyclic) bond motifs is 1. The molecular weight excluding hydrogens is 421 g/mol. The van der Waals surface area contributed by atoms with E-state index in [-0.39, 0.29) is 35.6 Å². The molecule has 3 aromatic rings. The van der Waals surface area contributed by atoms with Gasteiger partial charge in [0, 0.05) is 17.7 Å². The van der Waals surface area contributed by atoms with E-state index in [2.05, 4.69) is 10.6 Å². The van der Waals surface area contributed by atoms with Crippen molar-refractivity contribution in [1.82, 2.24) is 5.32 Å². The third-order valence-electron chi connectivity index (χ3n) is 5.23. The van der Waals surface area contributed by atoms with E-state index >= 15 is 0 Å². The van der Waals surface area contributed by atoms with Crippen LogP contribution in [0.25, 0.3) is 0 Å². The fourth-order valence-electron chi connectivity index (χ4n) is 3.50. The molecule has 1 aliphatic heterocycles. The molecule has 32 heavy (non-hydrogen) atoms. The van der Waals surface area contributed by atoms with Crippen molar-refractivity contribution in [3.05, 3.63) is 100 Å². The first-order valence-electron chi connectivity index (χ1n) is 9.77. The molecule has 0 fully saturated rings. The molecule has 162 valence electrons. The van der Waals surface area contributed by atoms with Crippen LogP contribution in [0.2, 0.25) is 0 Å². The fourth-order valence-corrected chi connectivity index (χ4v) is 3.50. The molecule has 0 radical (unpaired) electrons. The molecule has 0 saturated heterocycles. The first kappa shape index (κ1) is 21.3. The highest BCUT2D eigenvalue weighted by Gasteiger charge is 2.35. The van der Waals surface area contributed by atoms with Gasteiger partial charge in [-0.3, -0.25) is 14.4 Å². The van der Waals surface area contributed by atoms with Gasteiger partial charge in [-0.1, -0.05) is 18.2 Å². The second kappa shape index (κ2) is 8.66. The summed E-state index contributed by atoms with van der Waals surface area (Å²) < 4.78 is 39.7. The van der Waals surface area contributed by atoms with Gasteiger partial charge < -0.3 is 10.6 Å². The SMILES string of the molecule is O=C(NCc1ccc(F)cc1)c1ccc2c(c1)C(=O)C(Cc1ccc(F)c(F)c1)C(=O)N2. The van der Waals surface area contributed by atoms with Crippen molar-refractivity contribution in [2.45, 2.75) is 13.0 Å². The minimum atomic E-state index is -1.13. The van der Waals surface area contributed by atoms with E-state index in [1.807, 2.05) is 0 Å². The topological polar surface area (TPSA) is 75.3 Å². The molecule has 1 heterocycles. The molecule has 8 heteroatoms. The maximum Gasteiger partial charge on any atom is 0.251 e. The van der Waals surface area contributed by atoms with E-state index in [1.54, 1.807) is 12.1 Å². The highest BCUT2D eigenvalue weighted by Crippen LogP contribution is 2.29.